The van der Waals surface area contributed by atoms with Crippen molar-refractivity contribution >= 4 is 12.0 Å². The highest BCUT2D eigenvalue weighted by Crippen LogP contribution is 2.44. The molecule has 1 rings (SSSR count). The van der Waals surface area contributed by atoms with Crippen LogP contribution >= 0.6 is 0 Å². The lowest BCUT2D eigenvalue weighted by atomic mass is 9.70. The highest BCUT2D eigenvalue weighted by atomic mass is 16.4. The molecule has 0 aromatic rings. The van der Waals surface area contributed by atoms with Gasteiger partial charge in [0, 0.05) is 20.5 Å². The minimum absolute atomic E-state index is 0.0216. The van der Waals surface area contributed by atoms with E-state index in [1.165, 1.54) is 4.90 Å². The molecule has 0 bridgehead atoms. The minimum atomic E-state index is -1.21. The zero-order chi connectivity index (χ0) is 14.3. The Kier molecular flexibility index (Phi) is 3.63. The average Bonchev–Trinajstić information content (AvgIpc) is 2.55. The molecular weight excluding hydrogens is 236 g/mol. The van der Waals surface area contributed by atoms with E-state index < -0.39 is 23.2 Å². The van der Waals surface area contributed by atoms with Crippen molar-refractivity contribution in [3.8, 4) is 0 Å². The molecule has 1 heterocycles. The number of amides is 2. The van der Waals surface area contributed by atoms with Crippen molar-refractivity contribution in [1.82, 2.24) is 9.80 Å². The number of nitrogens with zero attached hydrogens (tertiary/aromatic N) is 2. The lowest BCUT2D eigenvalue weighted by molar-refractivity contribution is -0.146. The molecule has 104 valence electrons. The van der Waals surface area contributed by atoms with Crippen LogP contribution in [0.5, 0.6) is 0 Å². The average molecular weight is 258 g/mol. The number of β-amino-alcohol motifs (C(OH)–C–C–N with tert-alkyl or cyclic N) is 1. The number of aliphatic hydroxyl groups excluding tert-OH is 1. The molecule has 0 spiro atoms. The molecule has 2 atom stereocenters. The minimum Gasteiger partial charge on any atom is -0.465 e. The number of carbonyl (C=O) groups is 2. The molecule has 2 amide bonds. The summed E-state index contributed by atoms with van der Waals surface area (Å²) in [5.74, 6) is -0.283. The zero-order valence-electron chi connectivity index (χ0n) is 11.6. The molecular formula is C12H22N2O4. The summed E-state index contributed by atoms with van der Waals surface area (Å²) in [6, 6.07) is 0. The largest absolute Gasteiger partial charge is 0.465 e. The van der Waals surface area contributed by atoms with E-state index in [4.69, 9.17) is 0 Å². The number of likely N-dealkylation sites (tertiary alicyclic amines) is 1. The zero-order valence-corrected chi connectivity index (χ0v) is 11.6. The van der Waals surface area contributed by atoms with Crippen LogP contribution < -0.4 is 0 Å². The van der Waals surface area contributed by atoms with Crippen LogP contribution in [-0.2, 0) is 4.79 Å². The topological polar surface area (TPSA) is 81.1 Å². The predicted molar refractivity (Wildman–Crippen MR) is 66.2 cm³/mol. The normalized spacial score (nSPS) is 28.3. The van der Waals surface area contributed by atoms with Crippen molar-refractivity contribution < 1.29 is 19.8 Å². The van der Waals surface area contributed by atoms with Gasteiger partial charge in [-0.25, -0.2) is 4.79 Å². The van der Waals surface area contributed by atoms with Crippen molar-refractivity contribution in [1.29, 1.82) is 0 Å². The van der Waals surface area contributed by atoms with E-state index in [1.54, 1.807) is 14.1 Å². The van der Waals surface area contributed by atoms with Gasteiger partial charge in [-0.05, 0) is 5.41 Å². The fourth-order valence-corrected chi connectivity index (χ4v) is 2.73. The Labute approximate surface area is 107 Å². The van der Waals surface area contributed by atoms with E-state index in [2.05, 4.69) is 0 Å². The molecule has 0 unspecified atom stereocenters. The molecule has 1 aliphatic rings. The van der Waals surface area contributed by atoms with Crippen LogP contribution in [0.1, 0.15) is 27.2 Å². The molecule has 0 radical (unpaired) electrons. The predicted octanol–water partition coefficient (Wildman–Crippen LogP) is 0.604. The van der Waals surface area contributed by atoms with Crippen LogP contribution in [0.2, 0.25) is 0 Å². The van der Waals surface area contributed by atoms with Crippen LogP contribution in [0.3, 0.4) is 0 Å². The Balaban J connectivity index is 3.36. The number of carboxylic acid groups (broad SMARTS) is 1. The summed E-state index contributed by atoms with van der Waals surface area (Å²) in [6.07, 6.45) is -1.83. The fourth-order valence-electron chi connectivity index (χ4n) is 2.73. The summed E-state index contributed by atoms with van der Waals surface area (Å²) in [6.45, 7) is 5.44. The van der Waals surface area contributed by atoms with Gasteiger partial charge in [0.25, 0.3) is 0 Å². The van der Waals surface area contributed by atoms with Gasteiger partial charge in [0.15, 0.2) is 0 Å². The van der Waals surface area contributed by atoms with Gasteiger partial charge in [0.1, 0.15) is 5.54 Å². The molecule has 6 nitrogen and oxygen atoms in total. The van der Waals surface area contributed by atoms with Crippen LogP contribution in [0, 0.1) is 5.41 Å². The summed E-state index contributed by atoms with van der Waals surface area (Å²) in [5, 5.41) is 19.1. The molecule has 1 aliphatic heterocycles. The standard InChI is InChI=1S/C12H22N2O4/c1-11(2,3)12(9(16)13(4)5)6-8(15)7-14(12)10(17)18/h8,15H,6-7H2,1-5H3,(H,17,18)/t8-,12-/m1/s1. The third-order valence-electron chi connectivity index (χ3n) is 3.62. The van der Waals surface area contributed by atoms with E-state index in [1.807, 2.05) is 20.8 Å². The number of aliphatic hydroxyl groups is 1. The third kappa shape index (κ3) is 2.05. The lowest BCUT2D eigenvalue weighted by Gasteiger charge is -2.46. The molecule has 1 saturated heterocycles. The van der Waals surface area contributed by atoms with Gasteiger partial charge in [-0.3, -0.25) is 9.69 Å². The Morgan fingerprint density at radius 3 is 2.17 bits per heavy atom. The van der Waals surface area contributed by atoms with E-state index >= 15 is 0 Å². The van der Waals surface area contributed by atoms with Gasteiger partial charge in [0.05, 0.1) is 12.6 Å². The lowest BCUT2D eigenvalue weighted by Crippen LogP contribution is -2.63. The van der Waals surface area contributed by atoms with Crippen LogP contribution in [0.4, 0.5) is 4.79 Å². The number of rotatable bonds is 1. The van der Waals surface area contributed by atoms with Crippen LogP contribution in [0.15, 0.2) is 0 Å². The second kappa shape index (κ2) is 4.42. The van der Waals surface area contributed by atoms with Gasteiger partial charge in [0.2, 0.25) is 5.91 Å². The summed E-state index contributed by atoms with van der Waals surface area (Å²) < 4.78 is 0. The Hall–Kier alpha value is -1.30. The Bertz CT molecular complexity index is 362. The number of hydrogen-bond donors (Lipinski definition) is 2. The van der Waals surface area contributed by atoms with E-state index in [0.717, 1.165) is 4.90 Å². The summed E-state index contributed by atoms with van der Waals surface area (Å²) >= 11 is 0. The highest BCUT2D eigenvalue weighted by molar-refractivity contribution is 5.91. The fraction of sp³-hybridized carbons (Fsp3) is 0.833. The molecule has 6 heteroatoms. The smallest absolute Gasteiger partial charge is 0.408 e. The van der Waals surface area contributed by atoms with E-state index in [-0.39, 0.29) is 18.9 Å². The van der Waals surface area contributed by atoms with Crippen molar-refractivity contribution in [3.05, 3.63) is 0 Å². The Morgan fingerprint density at radius 1 is 1.33 bits per heavy atom. The quantitative estimate of drug-likeness (QED) is 0.722. The highest BCUT2D eigenvalue weighted by Gasteiger charge is 2.60. The van der Waals surface area contributed by atoms with Gasteiger partial charge in [-0.1, -0.05) is 20.8 Å². The molecule has 1 fully saturated rings. The summed E-state index contributed by atoms with van der Waals surface area (Å²) in [4.78, 5) is 26.3. The molecule has 0 aliphatic carbocycles. The van der Waals surface area contributed by atoms with Crippen molar-refractivity contribution in [2.24, 2.45) is 5.41 Å². The first-order valence-corrected chi connectivity index (χ1v) is 5.94. The first-order valence-electron chi connectivity index (χ1n) is 5.94. The SMILES string of the molecule is CN(C)C(=O)[C@@]1(C(C)(C)C)C[C@@H](O)CN1C(=O)O. The maximum atomic E-state index is 12.5. The first kappa shape index (κ1) is 14.8. The first-order chi connectivity index (χ1) is 8.04. The van der Waals surface area contributed by atoms with Gasteiger partial charge >= 0.3 is 6.09 Å². The number of carbonyl (C=O) groups excluding carboxylic acids is 1. The van der Waals surface area contributed by atoms with Crippen molar-refractivity contribution in [2.45, 2.75) is 38.8 Å². The number of likely N-dealkylation sites (N-methyl/N-ethyl adjacent to an activating group) is 1. The second-order valence-electron chi connectivity index (χ2n) is 6.06. The van der Waals surface area contributed by atoms with Crippen molar-refractivity contribution in [2.75, 3.05) is 20.6 Å². The van der Waals surface area contributed by atoms with Crippen LogP contribution in [0.25, 0.3) is 0 Å². The molecule has 2 N–H and O–H groups in total. The maximum Gasteiger partial charge on any atom is 0.408 e. The molecule has 0 saturated carbocycles. The van der Waals surface area contributed by atoms with Gasteiger partial charge in [-0.2, -0.15) is 0 Å². The third-order valence-corrected chi connectivity index (χ3v) is 3.62. The van der Waals surface area contributed by atoms with Crippen molar-refractivity contribution in [3.63, 3.8) is 0 Å². The molecule has 0 aromatic carbocycles. The second-order valence-corrected chi connectivity index (χ2v) is 6.06. The Morgan fingerprint density at radius 2 is 1.83 bits per heavy atom. The maximum absolute atomic E-state index is 12.5. The summed E-state index contributed by atoms with van der Waals surface area (Å²) in [7, 11) is 3.20. The molecule has 18 heavy (non-hydrogen) atoms. The van der Waals surface area contributed by atoms with E-state index in [0.29, 0.717) is 0 Å². The monoisotopic (exact) mass is 258 g/mol. The summed E-state index contributed by atoms with van der Waals surface area (Å²) in [5.41, 5.74) is -1.80. The number of hydrogen-bond acceptors (Lipinski definition) is 3. The molecule has 0 aromatic heterocycles. The van der Waals surface area contributed by atoms with E-state index in [9.17, 15) is 19.8 Å². The van der Waals surface area contributed by atoms with Crippen LogP contribution in [-0.4, -0.2) is 64.3 Å². The van der Waals surface area contributed by atoms with Gasteiger partial charge in [-0.15, -0.1) is 0 Å². The van der Waals surface area contributed by atoms with Gasteiger partial charge < -0.3 is 15.1 Å².